The van der Waals surface area contributed by atoms with Gasteiger partial charge in [-0.25, -0.2) is 8.42 Å². The second-order valence-corrected chi connectivity index (χ2v) is 6.36. The molecule has 122 valence electrons. The molecular formula is C15H15NO6S. The van der Waals surface area contributed by atoms with Crippen LogP contribution < -0.4 is 9.46 Å². The van der Waals surface area contributed by atoms with E-state index in [9.17, 15) is 18.3 Å². The third-order valence-corrected chi connectivity index (χ3v) is 4.40. The van der Waals surface area contributed by atoms with E-state index in [0.29, 0.717) is 5.56 Å². The number of rotatable bonds is 6. The van der Waals surface area contributed by atoms with Gasteiger partial charge in [-0.1, -0.05) is 12.1 Å². The third kappa shape index (κ3) is 4.13. The number of ether oxygens (including phenoxy) is 1. The van der Waals surface area contributed by atoms with E-state index in [1.54, 1.807) is 12.1 Å². The van der Waals surface area contributed by atoms with Crippen molar-refractivity contribution in [2.45, 2.75) is 11.3 Å². The van der Waals surface area contributed by atoms with Crippen LogP contribution in [-0.4, -0.2) is 31.7 Å². The first-order chi connectivity index (χ1) is 10.8. The van der Waals surface area contributed by atoms with Gasteiger partial charge in [0, 0.05) is 11.8 Å². The predicted octanol–water partition coefficient (Wildman–Crippen LogP) is 1.83. The fraction of sp³-hybridized carbons (Fsp3) is 0.133. The number of hydrogen-bond acceptors (Lipinski definition) is 5. The minimum absolute atomic E-state index is 0.200. The molecule has 23 heavy (non-hydrogen) atoms. The molecule has 0 spiro atoms. The van der Waals surface area contributed by atoms with E-state index < -0.39 is 21.7 Å². The van der Waals surface area contributed by atoms with Crippen molar-refractivity contribution in [2.24, 2.45) is 0 Å². The van der Waals surface area contributed by atoms with Gasteiger partial charge in [-0.2, -0.15) is 0 Å². The number of phenolic OH excluding ortho intramolecular Hbond substituents is 1. The number of hydrogen-bond donors (Lipinski definition) is 3. The van der Waals surface area contributed by atoms with Gasteiger partial charge in [-0.3, -0.25) is 9.52 Å². The molecule has 0 saturated heterocycles. The Kier molecular flexibility index (Phi) is 4.75. The van der Waals surface area contributed by atoms with Gasteiger partial charge in [0.1, 0.15) is 16.4 Å². The highest BCUT2D eigenvalue weighted by atomic mass is 32.2. The first kappa shape index (κ1) is 16.6. The molecule has 0 radical (unpaired) electrons. The molecule has 2 rings (SSSR count). The number of nitrogens with one attached hydrogen (secondary N) is 1. The number of carbonyl (C=O) groups is 1. The topological polar surface area (TPSA) is 113 Å². The molecule has 0 aliphatic rings. The molecule has 0 amide bonds. The average Bonchev–Trinajstić information content (AvgIpc) is 2.46. The summed E-state index contributed by atoms with van der Waals surface area (Å²) in [5.41, 5.74) is 0.651. The molecule has 0 aliphatic heterocycles. The fourth-order valence-electron chi connectivity index (χ4n) is 1.97. The second-order valence-electron chi connectivity index (χ2n) is 4.71. The minimum atomic E-state index is -4.05. The van der Waals surface area contributed by atoms with Crippen LogP contribution in [0.3, 0.4) is 0 Å². The molecule has 8 heteroatoms. The molecule has 0 fully saturated rings. The first-order valence-electron chi connectivity index (χ1n) is 6.52. The SMILES string of the molecule is COc1ccc(O)c(S(=O)(=O)Nc2cccc(CC(=O)O)c2)c1. The lowest BCUT2D eigenvalue weighted by Crippen LogP contribution is -2.13. The summed E-state index contributed by atoms with van der Waals surface area (Å²) in [6.07, 6.45) is -0.222. The van der Waals surface area contributed by atoms with E-state index in [1.165, 1.54) is 37.4 Å². The van der Waals surface area contributed by atoms with Crippen LogP contribution in [0.15, 0.2) is 47.4 Å². The Labute approximate surface area is 133 Å². The lowest BCUT2D eigenvalue weighted by atomic mass is 10.1. The number of aromatic hydroxyl groups is 1. The van der Waals surface area contributed by atoms with E-state index in [2.05, 4.69) is 4.72 Å². The van der Waals surface area contributed by atoms with E-state index in [1.807, 2.05) is 0 Å². The highest BCUT2D eigenvalue weighted by molar-refractivity contribution is 7.92. The standard InChI is InChI=1S/C15H15NO6S/c1-22-12-5-6-13(17)14(9-12)23(20,21)16-11-4-2-3-10(7-11)8-15(18)19/h2-7,9,16-17H,8H2,1H3,(H,18,19). The van der Waals surface area contributed by atoms with Crippen LogP contribution >= 0.6 is 0 Å². The molecule has 7 nitrogen and oxygen atoms in total. The highest BCUT2D eigenvalue weighted by Crippen LogP contribution is 2.28. The van der Waals surface area contributed by atoms with Crippen LogP contribution in [0.2, 0.25) is 0 Å². The molecule has 0 aromatic heterocycles. The largest absolute Gasteiger partial charge is 0.507 e. The molecule has 0 aliphatic carbocycles. The Balaban J connectivity index is 2.33. The number of carboxylic acid groups (broad SMARTS) is 1. The van der Waals surface area contributed by atoms with Crippen LogP contribution in [0.5, 0.6) is 11.5 Å². The van der Waals surface area contributed by atoms with Crippen molar-refractivity contribution in [2.75, 3.05) is 11.8 Å². The third-order valence-electron chi connectivity index (χ3n) is 2.99. The van der Waals surface area contributed by atoms with E-state index >= 15 is 0 Å². The maximum Gasteiger partial charge on any atom is 0.307 e. The van der Waals surface area contributed by atoms with Crippen molar-refractivity contribution in [3.05, 3.63) is 48.0 Å². The number of carboxylic acids is 1. The van der Waals surface area contributed by atoms with Gasteiger partial charge in [-0.05, 0) is 29.8 Å². The lowest BCUT2D eigenvalue weighted by molar-refractivity contribution is -0.136. The van der Waals surface area contributed by atoms with Crippen LogP contribution in [0.1, 0.15) is 5.56 Å². The maximum atomic E-state index is 12.4. The molecule has 0 unspecified atom stereocenters. The zero-order chi connectivity index (χ0) is 17.0. The zero-order valence-corrected chi connectivity index (χ0v) is 13.0. The quantitative estimate of drug-likeness (QED) is 0.741. The van der Waals surface area contributed by atoms with E-state index in [-0.39, 0.29) is 22.8 Å². The number of aliphatic carboxylic acids is 1. The van der Waals surface area contributed by atoms with Crippen LogP contribution in [0.25, 0.3) is 0 Å². The van der Waals surface area contributed by atoms with Crippen LogP contribution in [0, 0.1) is 0 Å². The Morgan fingerprint density at radius 3 is 2.61 bits per heavy atom. The summed E-state index contributed by atoms with van der Waals surface area (Å²) in [6, 6.07) is 9.87. The number of sulfonamides is 1. The molecule has 2 aromatic carbocycles. The summed E-state index contributed by atoms with van der Waals surface area (Å²) < 4.78 is 32.0. The summed E-state index contributed by atoms with van der Waals surface area (Å²) in [5, 5.41) is 18.5. The molecule has 0 bridgehead atoms. The van der Waals surface area contributed by atoms with E-state index in [0.717, 1.165) is 0 Å². The Morgan fingerprint density at radius 1 is 1.22 bits per heavy atom. The van der Waals surface area contributed by atoms with Crippen molar-refractivity contribution in [3.8, 4) is 11.5 Å². The molecule has 0 atom stereocenters. The Bertz CT molecular complexity index is 832. The van der Waals surface area contributed by atoms with Crippen LogP contribution in [0.4, 0.5) is 5.69 Å². The number of phenols is 1. The smallest absolute Gasteiger partial charge is 0.307 e. The van der Waals surface area contributed by atoms with Gasteiger partial charge in [0.25, 0.3) is 10.0 Å². The van der Waals surface area contributed by atoms with Gasteiger partial charge in [0.15, 0.2) is 0 Å². The molecule has 2 aromatic rings. The van der Waals surface area contributed by atoms with E-state index in [4.69, 9.17) is 9.84 Å². The average molecular weight is 337 g/mol. The summed E-state index contributed by atoms with van der Waals surface area (Å²) in [5.74, 6) is -1.15. The van der Waals surface area contributed by atoms with Crippen molar-refractivity contribution < 1.29 is 28.2 Å². The van der Waals surface area contributed by atoms with Crippen molar-refractivity contribution in [1.82, 2.24) is 0 Å². The Hall–Kier alpha value is -2.74. The second kappa shape index (κ2) is 6.57. The monoisotopic (exact) mass is 337 g/mol. The summed E-state index contributed by atoms with van der Waals surface area (Å²) >= 11 is 0. The molecule has 0 heterocycles. The van der Waals surface area contributed by atoms with Crippen molar-refractivity contribution in [1.29, 1.82) is 0 Å². The predicted molar refractivity (Wildman–Crippen MR) is 83.2 cm³/mol. The van der Waals surface area contributed by atoms with Crippen molar-refractivity contribution >= 4 is 21.7 Å². The summed E-state index contributed by atoms with van der Waals surface area (Å²) in [6.45, 7) is 0. The van der Waals surface area contributed by atoms with Gasteiger partial charge in [-0.15, -0.1) is 0 Å². The maximum absolute atomic E-state index is 12.4. The molecular weight excluding hydrogens is 322 g/mol. The Morgan fingerprint density at radius 2 is 1.96 bits per heavy atom. The summed E-state index contributed by atoms with van der Waals surface area (Å²) in [4.78, 5) is 10.4. The van der Waals surface area contributed by atoms with Crippen molar-refractivity contribution in [3.63, 3.8) is 0 Å². The minimum Gasteiger partial charge on any atom is -0.507 e. The first-order valence-corrected chi connectivity index (χ1v) is 8.00. The van der Waals surface area contributed by atoms with Crippen LogP contribution in [-0.2, 0) is 21.2 Å². The van der Waals surface area contributed by atoms with Gasteiger partial charge < -0.3 is 14.9 Å². The van der Waals surface area contributed by atoms with Gasteiger partial charge in [0.05, 0.1) is 13.5 Å². The zero-order valence-electron chi connectivity index (χ0n) is 12.2. The number of methoxy groups -OCH3 is 1. The fourth-order valence-corrected chi connectivity index (χ4v) is 3.13. The highest BCUT2D eigenvalue weighted by Gasteiger charge is 2.20. The summed E-state index contributed by atoms with van der Waals surface area (Å²) in [7, 11) is -2.67. The normalized spacial score (nSPS) is 11.0. The number of benzene rings is 2. The van der Waals surface area contributed by atoms with Gasteiger partial charge >= 0.3 is 5.97 Å². The lowest BCUT2D eigenvalue weighted by Gasteiger charge is -2.11. The number of anilines is 1. The molecule has 0 saturated carbocycles. The molecule has 3 N–H and O–H groups in total. The van der Waals surface area contributed by atoms with Gasteiger partial charge in [0.2, 0.25) is 0 Å².